The molecule has 1 heterocycles. The lowest BCUT2D eigenvalue weighted by Gasteiger charge is -2.11. The first-order valence-electron chi connectivity index (χ1n) is 5.79. The van der Waals surface area contributed by atoms with Crippen molar-refractivity contribution >= 4 is 10.9 Å². The van der Waals surface area contributed by atoms with Crippen LogP contribution in [0.4, 0.5) is 0 Å². The van der Waals surface area contributed by atoms with Gasteiger partial charge in [-0.2, -0.15) is 0 Å². The van der Waals surface area contributed by atoms with Crippen LogP contribution in [-0.4, -0.2) is 30.1 Å². The lowest BCUT2D eigenvalue weighted by atomic mass is 10.1. The molecule has 0 saturated heterocycles. The highest BCUT2D eigenvalue weighted by Crippen LogP contribution is 2.24. The number of benzene rings is 1. The molecule has 2 heteroatoms. The highest BCUT2D eigenvalue weighted by molar-refractivity contribution is 5.85. The molecule has 16 heavy (non-hydrogen) atoms. The summed E-state index contributed by atoms with van der Waals surface area (Å²) < 4.78 is 2.33. The Morgan fingerprint density at radius 3 is 2.50 bits per heavy atom. The van der Waals surface area contributed by atoms with E-state index in [1.165, 1.54) is 22.2 Å². The largest absolute Gasteiger partial charge is 0.347 e. The van der Waals surface area contributed by atoms with E-state index in [0.29, 0.717) is 0 Å². The van der Waals surface area contributed by atoms with E-state index in [9.17, 15) is 0 Å². The van der Waals surface area contributed by atoms with Gasteiger partial charge in [0.1, 0.15) is 0 Å². The zero-order valence-corrected chi connectivity index (χ0v) is 10.6. The Kier molecular flexibility index (Phi) is 3.01. The predicted octanol–water partition coefficient (Wildman–Crippen LogP) is 2.59. The molecule has 2 aromatic rings. The summed E-state index contributed by atoms with van der Waals surface area (Å²) in [6.07, 6.45) is 1.12. The smallest absolute Gasteiger partial charge is 0.0482 e. The van der Waals surface area contributed by atoms with Gasteiger partial charge in [0.05, 0.1) is 0 Å². The van der Waals surface area contributed by atoms with Gasteiger partial charge in [-0.1, -0.05) is 18.2 Å². The molecule has 0 amide bonds. The van der Waals surface area contributed by atoms with Crippen molar-refractivity contribution in [1.82, 2.24) is 9.47 Å². The fourth-order valence-corrected chi connectivity index (χ4v) is 2.32. The molecule has 1 aromatic heterocycles. The van der Waals surface area contributed by atoms with Gasteiger partial charge in [-0.25, -0.2) is 0 Å². The first-order chi connectivity index (χ1) is 7.61. The number of aryl methyl sites for hydroxylation is 2. The SMILES string of the molecule is Cc1c(CCN(C)C)n(C)c2ccccc12. The highest BCUT2D eigenvalue weighted by atomic mass is 15.1. The average Bonchev–Trinajstić information content (AvgIpc) is 2.50. The van der Waals surface area contributed by atoms with Crippen molar-refractivity contribution in [3.63, 3.8) is 0 Å². The second-order valence-electron chi connectivity index (χ2n) is 4.70. The topological polar surface area (TPSA) is 8.17 Å². The summed E-state index contributed by atoms with van der Waals surface area (Å²) in [6.45, 7) is 3.33. The van der Waals surface area contributed by atoms with Gasteiger partial charge < -0.3 is 9.47 Å². The summed E-state index contributed by atoms with van der Waals surface area (Å²) in [6, 6.07) is 8.63. The zero-order valence-electron chi connectivity index (χ0n) is 10.6. The Labute approximate surface area is 97.5 Å². The van der Waals surface area contributed by atoms with E-state index in [4.69, 9.17) is 0 Å². The molecule has 0 unspecified atom stereocenters. The number of hydrogen-bond donors (Lipinski definition) is 0. The minimum atomic E-state index is 1.10. The van der Waals surface area contributed by atoms with Crippen molar-refractivity contribution in [1.29, 1.82) is 0 Å². The number of fused-ring (bicyclic) bond motifs is 1. The number of nitrogens with zero attached hydrogens (tertiary/aromatic N) is 2. The average molecular weight is 216 g/mol. The maximum atomic E-state index is 2.33. The van der Waals surface area contributed by atoms with E-state index in [-0.39, 0.29) is 0 Å². The summed E-state index contributed by atoms with van der Waals surface area (Å²) >= 11 is 0. The number of likely N-dealkylation sites (N-methyl/N-ethyl adjacent to an activating group) is 1. The van der Waals surface area contributed by atoms with Crippen LogP contribution in [0.25, 0.3) is 10.9 Å². The lowest BCUT2D eigenvalue weighted by molar-refractivity contribution is 0.409. The van der Waals surface area contributed by atoms with Crippen molar-refractivity contribution in [2.45, 2.75) is 13.3 Å². The lowest BCUT2D eigenvalue weighted by Crippen LogP contribution is -2.16. The molecule has 86 valence electrons. The maximum Gasteiger partial charge on any atom is 0.0482 e. The molecule has 0 aliphatic rings. The summed E-state index contributed by atoms with van der Waals surface area (Å²) in [5.74, 6) is 0. The standard InChI is InChI=1S/C14H20N2/c1-11-12-7-5-6-8-14(12)16(4)13(11)9-10-15(2)3/h5-8H,9-10H2,1-4H3. The van der Waals surface area contributed by atoms with Crippen molar-refractivity contribution in [2.75, 3.05) is 20.6 Å². The summed E-state index contributed by atoms with van der Waals surface area (Å²) in [4.78, 5) is 2.23. The molecule has 0 aliphatic heterocycles. The Morgan fingerprint density at radius 1 is 1.19 bits per heavy atom. The first-order valence-corrected chi connectivity index (χ1v) is 5.79. The van der Waals surface area contributed by atoms with E-state index in [0.717, 1.165) is 13.0 Å². The molecule has 0 radical (unpaired) electrons. The molecule has 2 nitrogen and oxygen atoms in total. The van der Waals surface area contributed by atoms with Gasteiger partial charge in [0.15, 0.2) is 0 Å². The van der Waals surface area contributed by atoms with Gasteiger partial charge in [0.2, 0.25) is 0 Å². The summed E-state index contributed by atoms with van der Waals surface area (Å²) in [7, 11) is 6.41. The molecule has 2 rings (SSSR count). The van der Waals surface area contributed by atoms with E-state index in [1.54, 1.807) is 0 Å². The van der Waals surface area contributed by atoms with E-state index < -0.39 is 0 Å². The summed E-state index contributed by atoms with van der Waals surface area (Å²) in [5.41, 5.74) is 4.23. The van der Waals surface area contributed by atoms with Crippen LogP contribution >= 0.6 is 0 Å². The van der Waals surface area contributed by atoms with E-state index in [2.05, 4.69) is 61.8 Å². The number of hydrogen-bond acceptors (Lipinski definition) is 1. The number of aromatic nitrogens is 1. The van der Waals surface area contributed by atoms with Crippen molar-refractivity contribution < 1.29 is 0 Å². The molecular weight excluding hydrogens is 196 g/mol. The van der Waals surface area contributed by atoms with Crippen LogP contribution in [0.2, 0.25) is 0 Å². The Hall–Kier alpha value is -1.28. The van der Waals surface area contributed by atoms with Crippen LogP contribution in [0.15, 0.2) is 24.3 Å². The van der Waals surface area contributed by atoms with E-state index >= 15 is 0 Å². The van der Waals surface area contributed by atoms with E-state index in [1.807, 2.05) is 0 Å². The maximum absolute atomic E-state index is 2.33. The molecule has 0 fully saturated rings. The fraction of sp³-hybridized carbons (Fsp3) is 0.429. The van der Waals surface area contributed by atoms with Crippen LogP contribution in [0.1, 0.15) is 11.3 Å². The minimum Gasteiger partial charge on any atom is -0.347 e. The van der Waals surface area contributed by atoms with Crippen molar-refractivity contribution in [2.24, 2.45) is 7.05 Å². The Morgan fingerprint density at radius 2 is 1.88 bits per heavy atom. The minimum absolute atomic E-state index is 1.10. The van der Waals surface area contributed by atoms with Gasteiger partial charge in [-0.3, -0.25) is 0 Å². The van der Waals surface area contributed by atoms with Crippen LogP contribution in [0, 0.1) is 6.92 Å². The highest BCUT2D eigenvalue weighted by Gasteiger charge is 2.10. The first kappa shape index (κ1) is 11.2. The molecule has 0 bridgehead atoms. The molecule has 0 N–H and O–H groups in total. The number of rotatable bonds is 3. The molecule has 1 aromatic carbocycles. The summed E-state index contributed by atoms with van der Waals surface area (Å²) in [5, 5.41) is 1.39. The quantitative estimate of drug-likeness (QED) is 0.765. The van der Waals surface area contributed by atoms with Crippen LogP contribution in [-0.2, 0) is 13.5 Å². The second kappa shape index (κ2) is 4.30. The third-order valence-electron chi connectivity index (χ3n) is 3.30. The van der Waals surface area contributed by atoms with Crippen LogP contribution in [0.3, 0.4) is 0 Å². The van der Waals surface area contributed by atoms with Gasteiger partial charge in [0, 0.05) is 36.6 Å². The van der Waals surface area contributed by atoms with Crippen molar-refractivity contribution in [3.05, 3.63) is 35.5 Å². The van der Waals surface area contributed by atoms with Crippen LogP contribution in [0.5, 0.6) is 0 Å². The van der Waals surface area contributed by atoms with Gasteiger partial charge in [0.25, 0.3) is 0 Å². The van der Waals surface area contributed by atoms with Gasteiger partial charge in [-0.05, 0) is 32.6 Å². The third kappa shape index (κ3) is 1.85. The molecule has 0 atom stereocenters. The number of para-hydroxylation sites is 1. The fourth-order valence-electron chi connectivity index (χ4n) is 2.32. The Bertz CT molecular complexity index is 456. The van der Waals surface area contributed by atoms with Gasteiger partial charge in [-0.15, -0.1) is 0 Å². The molecule has 0 aliphatic carbocycles. The predicted molar refractivity (Wildman–Crippen MR) is 69.9 cm³/mol. The van der Waals surface area contributed by atoms with Crippen molar-refractivity contribution in [3.8, 4) is 0 Å². The van der Waals surface area contributed by atoms with Gasteiger partial charge >= 0.3 is 0 Å². The molecule has 0 spiro atoms. The van der Waals surface area contributed by atoms with Crippen LogP contribution < -0.4 is 0 Å². The zero-order chi connectivity index (χ0) is 11.7. The molecule has 0 saturated carbocycles. The normalized spacial score (nSPS) is 11.6. The Balaban J connectivity index is 2.45. The second-order valence-corrected chi connectivity index (χ2v) is 4.70. The third-order valence-corrected chi connectivity index (χ3v) is 3.30. The monoisotopic (exact) mass is 216 g/mol. The molecular formula is C14H20N2.